The Labute approximate surface area is 97.8 Å². The summed E-state index contributed by atoms with van der Waals surface area (Å²) in [4.78, 5) is 12.0. The second-order valence-electron chi connectivity index (χ2n) is 5.85. The second kappa shape index (κ2) is 4.48. The zero-order valence-corrected chi connectivity index (χ0v) is 11.3. The van der Waals surface area contributed by atoms with Crippen molar-refractivity contribution in [1.29, 1.82) is 0 Å². The summed E-state index contributed by atoms with van der Waals surface area (Å²) in [5.74, 6) is 0.564. The summed E-state index contributed by atoms with van der Waals surface area (Å²) in [6, 6.07) is 0. The van der Waals surface area contributed by atoms with Gasteiger partial charge in [0.2, 0.25) is 0 Å². The monoisotopic (exact) mass is 224 g/mol. The summed E-state index contributed by atoms with van der Waals surface area (Å²) in [7, 11) is 0. The zero-order chi connectivity index (χ0) is 12.5. The summed E-state index contributed by atoms with van der Waals surface area (Å²) in [6.45, 7) is 13.6. The highest BCUT2D eigenvalue weighted by Crippen LogP contribution is 2.24. The molecule has 0 bridgehead atoms. The van der Waals surface area contributed by atoms with Crippen LogP contribution >= 0.6 is 0 Å². The fourth-order valence-corrected chi connectivity index (χ4v) is 2.15. The van der Waals surface area contributed by atoms with Crippen molar-refractivity contribution in [3.8, 4) is 0 Å². The standard InChI is InChI=1S/C13H24N2O/c1-7-15-10(8-9(2)3)11(12(16)14-15)13(4,5)6/h9H,7-8H2,1-6H3,(H,14,16). The lowest BCUT2D eigenvalue weighted by molar-refractivity contribution is 0.533. The van der Waals surface area contributed by atoms with Crippen LogP contribution in [0.15, 0.2) is 4.79 Å². The molecule has 0 amide bonds. The molecule has 0 radical (unpaired) electrons. The molecule has 16 heavy (non-hydrogen) atoms. The third-order valence-electron chi connectivity index (χ3n) is 2.75. The van der Waals surface area contributed by atoms with Crippen molar-refractivity contribution in [3.63, 3.8) is 0 Å². The molecule has 0 aromatic carbocycles. The molecule has 1 heterocycles. The Morgan fingerprint density at radius 3 is 2.25 bits per heavy atom. The molecule has 1 N–H and O–H groups in total. The first-order chi connectivity index (χ1) is 7.27. The minimum absolute atomic E-state index is 0.0741. The number of aryl methyl sites for hydroxylation is 1. The van der Waals surface area contributed by atoms with Crippen molar-refractivity contribution >= 4 is 0 Å². The van der Waals surface area contributed by atoms with E-state index in [4.69, 9.17) is 0 Å². The van der Waals surface area contributed by atoms with Gasteiger partial charge in [-0.05, 0) is 24.7 Å². The lowest BCUT2D eigenvalue weighted by Crippen LogP contribution is -2.22. The van der Waals surface area contributed by atoms with Gasteiger partial charge in [-0.25, -0.2) is 0 Å². The van der Waals surface area contributed by atoms with Crippen LogP contribution in [0.4, 0.5) is 0 Å². The van der Waals surface area contributed by atoms with Crippen molar-refractivity contribution in [3.05, 3.63) is 21.6 Å². The molecule has 0 fully saturated rings. The van der Waals surface area contributed by atoms with Gasteiger partial charge in [0.1, 0.15) is 0 Å². The molecular weight excluding hydrogens is 200 g/mol. The maximum atomic E-state index is 12.0. The fourth-order valence-electron chi connectivity index (χ4n) is 2.15. The van der Waals surface area contributed by atoms with Gasteiger partial charge in [-0.3, -0.25) is 14.6 Å². The lowest BCUT2D eigenvalue weighted by Gasteiger charge is -2.19. The zero-order valence-electron chi connectivity index (χ0n) is 11.3. The topological polar surface area (TPSA) is 37.8 Å². The van der Waals surface area contributed by atoms with Gasteiger partial charge in [0.15, 0.2) is 0 Å². The maximum absolute atomic E-state index is 12.0. The van der Waals surface area contributed by atoms with Crippen LogP contribution in [0.5, 0.6) is 0 Å². The SMILES string of the molecule is CCn1[nH]c(=O)c(C(C)(C)C)c1CC(C)C. The van der Waals surface area contributed by atoms with E-state index in [2.05, 4.69) is 46.6 Å². The first kappa shape index (κ1) is 13.1. The highest BCUT2D eigenvalue weighted by molar-refractivity contribution is 5.26. The predicted octanol–water partition coefficient (Wildman–Crippen LogP) is 2.69. The van der Waals surface area contributed by atoms with E-state index in [-0.39, 0.29) is 11.0 Å². The van der Waals surface area contributed by atoms with Crippen LogP contribution in [-0.2, 0) is 18.4 Å². The van der Waals surface area contributed by atoms with E-state index >= 15 is 0 Å². The predicted molar refractivity (Wildman–Crippen MR) is 68.0 cm³/mol. The molecule has 1 aromatic rings. The number of hydrogen-bond acceptors (Lipinski definition) is 1. The van der Waals surface area contributed by atoms with E-state index < -0.39 is 0 Å². The number of aromatic amines is 1. The lowest BCUT2D eigenvalue weighted by atomic mass is 9.85. The highest BCUT2D eigenvalue weighted by atomic mass is 16.1. The molecule has 92 valence electrons. The van der Waals surface area contributed by atoms with Gasteiger partial charge < -0.3 is 0 Å². The van der Waals surface area contributed by atoms with Crippen LogP contribution in [0.3, 0.4) is 0 Å². The quantitative estimate of drug-likeness (QED) is 0.842. The summed E-state index contributed by atoms with van der Waals surface area (Å²) < 4.78 is 1.99. The van der Waals surface area contributed by atoms with E-state index in [1.54, 1.807) is 0 Å². The van der Waals surface area contributed by atoms with Crippen molar-refractivity contribution in [2.24, 2.45) is 5.92 Å². The molecule has 0 saturated heterocycles. The number of aromatic nitrogens is 2. The Bertz CT molecular complexity index is 405. The van der Waals surface area contributed by atoms with Crippen LogP contribution in [0.1, 0.15) is 52.8 Å². The Balaban J connectivity index is 3.35. The van der Waals surface area contributed by atoms with Crippen molar-refractivity contribution in [1.82, 2.24) is 9.78 Å². The Morgan fingerprint density at radius 1 is 1.31 bits per heavy atom. The van der Waals surface area contributed by atoms with Crippen LogP contribution in [0.25, 0.3) is 0 Å². The third-order valence-corrected chi connectivity index (χ3v) is 2.75. The average Bonchev–Trinajstić information content (AvgIpc) is 2.39. The molecule has 0 aliphatic carbocycles. The molecule has 0 aliphatic heterocycles. The number of nitrogens with one attached hydrogen (secondary N) is 1. The molecule has 3 nitrogen and oxygen atoms in total. The van der Waals surface area contributed by atoms with Crippen LogP contribution in [-0.4, -0.2) is 9.78 Å². The van der Waals surface area contributed by atoms with Gasteiger partial charge >= 0.3 is 0 Å². The number of hydrogen-bond donors (Lipinski definition) is 1. The largest absolute Gasteiger partial charge is 0.289 e. The van der Waals surface area contributed by atoms with Gasteiger partial charge in [-0.2, -0.15) is 0 Å². The Kier molecular flexibility index (Phi) is 3.66. The van der Waals surface area contributed by atoms with Crippen LogP contribution < -0.4 is 5.56 Å². The van der Waals surface area contributed by atoms with Crippen molar-refractivity contribution in [2.75, 3.05) is 0 Å². The van der Waals surface area contributed by atoms with E-state index in [0.717, 1.165) is 18.5 Å². The van der Waals surface area contributed by atoms with Gasteiger partial charge in [-0.15, -0.1) is 0 Å². The summed E-state index contributed by atoms with van der Waals surface area (Å²) in [6.07, 6.45) is 0.958. The molecule has 1 rings (SSSR count). The molecular formula is C13H24N2O. The summed E-state index contributed by atoms with van der Waals surface area (Å²) in [5, 5.41) is 2.94. The molecule has 1 aromatic heterocycles. The molecule has 0 saturated carbocycles. The van der Waals surface area contributed by atoms with Crippen molar-refractivity contribution in [2.45, 2.75) is 59.9 Å². The molecule has 0 unspecified atom stereocenters. The molecule has 0 atom stereocenters. The fraction of sp³-hybridized carbons (Fsp3) is 0.769. The minimum atomic E-state index is -0.0851. The number of rotatable bonds is 3. The normalized spacial score (nSPS) is 12.4. The summed E-state index contributed by atoms with van der Waals surface area (Å²) in [5.41, 5.74) is 2.11. The van der Waals surface area contributed by atoms with Gasteiger partial charge in [-0.1, -0.05) is 34.6 Å². The number of nitrogens with zero attached hydrogens (tertiary/aromatic N) is 1. The average molecular weight is 224 g/mol. The van der Waals surface area contributed by atoms with E-state index in [9.17, 15) is 4.79 Å². The smallest absolute Gasteiger partial charge is 0.268 e. The minimum Gasteiger partial charge on any atom is -0.289 e. The van der Waals surface area contributed by atoms with Crippen LogP contribution in [0.2, 0.25) is 0 Å². The molecule has 3 heteroatoms. The molecule has 0 aliphatic rings. The summed E-state index contributed by atoms with van der Waals surface area (Å²) >= 11 is 0. The van der Waals surface area contributed by atoms with E-state index in [1.807, 2.05) is 4.68 Å². The maximum Gasteiger partial charge on any atom is 0.268 e. The van der Waals surface area contributed by atoms with Gasteiger partial charge in [0, 0.05) is 17.8 Å². The Morgan fingerprint density at radius 2 is 1.88 bits per heavy atom. The Hall–Kier alpha value is -0.990. The van der Waals surface area contributed by atoms with Gasteiger partial charge in [0.05, 0.1) is 0 Å². The number of H-pyrrole nitrogens is 1. The van der Waals surface area contributed by atoms with Crippen molar-refractivity contribution < 1.29 is 0 Å². The molecule has 0 spiro atoms. The van der Waals surface area contributed by atoms with Crippen LogP contribution in [0, 0.1) is 5.92 Å². The third kappa shape index (κ3) is 2.57. The first-order valence-electron chi connectivity index (χ1n) is 6.09. The van der Waals surface area contributed by atoms with E-state index in [0.29, 0.717) is 5.92 Å². The van der Waals surface area contributed by atoms with E-state index in [1.165, 1.54) is 5.69 Å². The second-order valence-corrected chi connectivity index (χ2v) is 5.85. The first-order valence-corrected chi connectivity index (χ1v) is 6.09. The van der Waals surface area contributed by atoms with Gasteiger partial charge in [0.25, 0.3) is 5.56 Å². The highest BCUT2D eigenvalue weighted by Gasteiger charge is 2.25.